The molecule has 3 rings (SSSR count). The van der Waals surface area contributed by atoms with E-state index in [1.165, 1.54) is 43.5 Å². The number of aromatic nitrogens is 1. The van der Waals surface area contributed by atoms with E-state index in [0.29, 0.717) is 18.3 Å². The second kappa shape index (κ2) is 7.84. The predicted octanol–water partition coefficient (Wildman–Crippen LogP) is 3.58. The largest absolute Gasteiger partial charge is 0.474 e. The topological polar surface area (TPSA) is 67.6 Å². The van der Waals surface area contributed by atoms with Crippen LogP contribution in [-0.2, 0) is 0 Å². The molecule has 1 aliphatic rings. The third kappa shape index (κ3) is 4.49. The molecular formula is C17H19ClFN3O3. The summed E-state index contributed by atoms with van der Waals surface area (Å²) in [5.41, 5.74) is 0.359. The summed E-state index contributed by atoms with van der Waals surface area (Å²) in [6.07, 6.45) is 3.76. The van der Waals surface area contributed by atoms with Gasteiger partial charge in [-0.2, -0.15) is 0 Å². The average Bonchev–Trinajstić information content (AvgIpc) is 2.98. The number of rotatable bonds is 7. The highest BCUT2D eigenvalue weighted by atomic mass is 35.5. The SMILES string of the molecule is CN(CCOc1cc(C(=O)Nc2ccc(F)c(Cl)c2)on1)C1CCC1. The lowest BCUT2D eigenvalue weighted by molar-refractivity contribution is 0.0987. The summed E-state index contributed by atoms with van der Waals surface area (Å²) in [4.78, 5) is 14.4. The smallest absolute Gasteiger partial charge is 0.294 e. The molecule has 8 heteroatoms. The Hall–Kier alpha value is -2.12. The fourth-order valence-electron chi connectivity index (χ4n) is 2.50. The minimum Gasteiger partial charge on any atom is -0.474 e. The molecule has 0 spiro atoms. The van der Waals surface area contributed by atoms with Crippen molar-refractivity contribution in [2.24, 2.45) is 0 Å². The molecule has 0 bridgehead atoms. The first-order valence-corrected chi connectivity index (χ1v) is 8.47. The molecule has 0 atom stereocenters. The van der Waals surface area contributed by atoms with Gasteiger partial charge in [-0.3, -0.25) is 4.79 Å². The molecule has 1 amide bonds. The van der Waals surface area contributed by atoms with Crippen LogP contribution in [0.2, 0.25) is 5.02 Å². The van der Waals surface area contributed by atoms with Gasteiger partial charge in [0.2, 0.25) is 5.76 Å². The zero-order valence-electron chi connectivity index (χ0n) is 13.8. The number of amides is 1. The number of ether oxygens (including phenoxy) is 1. The number of carbonyl (C=O) groups is 1. The van der Waals surface area contributed by atoms with E-state index >= 15 is 0 Å². The van der Waals surface area contributed by atoms with E-state index in [9.17, 15) is 9.18 Å². The Morgan fingerprint density at radius 3 is 2.96 bits per heavy atom. The van der Waals surface area contributed by atoms with Crippen molar-refractivity contribution in [2.75, 3.05) is 25.5 Å². The Labute approximate surface area is 149 Å². The number of hydrogen-bond donors (Lipinski definition) is 1. The van der Waals surface area contributed by atoms with E-state index in [-0.39, 0.29) is 16.7 Å². The summed E-state index contributed by atoms with van der Waals surface area (Å²) >= 11 is 5.68. The Morgan fingerprint density at radius 2 is 2.28 bits per heavy atom. The van der Waals surface area contributed by atoms with Crippen LogP contribution in [-0.4, -0.2) is 42.2 Å². The van der Waals surface area contributed by atoms with Crippen LogP contribution in [0.4, 0.5) is 10.1 Å². The zero-order valence-corrected chi connectivity index (χ0v) is 14.6. The molecule has 0 unspecified atom stereocenters. The van der Waals surface area contributed by atoms with Crippen LogP contribution in [0.5, 0.6) is 5.88 Å². The first-order chi connectivity index (χ1) is 12.0. The molecule has 0 radical (unpaired) electrons. The Kier molecular flexibility index (Phi) is 5.55. The van der Waals surface area contributed by atoms with Gasteiger partial charge in [0, 0.05) is 18.3 Å². The van der Waals surface area contributed by atoms with Gasteiger partial charge in [0.1, 0.15) is 12.4 Å². The van der Waals surface area contributed by atoms with E-state index < -0.39 is 11.7 Å². The maximum atomic E-state index is 13.1. The van der Waals surface area contributed by atoms with Gasteiger partial charge < -0.3 is 19.5 Å². The summed E-state index contributed by atoms with van der Waals surface area (Å²) < 4.78 is 23.6. The number of halogens is 2. The van der Waals surface area contributed by atoms with E-state index in [2.05, 4.69) is 22.4 Å². The van der Waals surface area contributed by atoms with Gasteiger partial charge in [-0.25, -0.2) is 4.39 Å². The van der Waals surface area contributed by atoms with Gasteiger partial charge in [-0.05, 0) is 43.2 Å². The highest BCUT2D eigenvalue weighted by Crippen LogP contribution is 2.23. The van der Waals surface area contributed by atoms with Gasteiger partial charge in [-0.1, -0.05) is 18.0 Å². The number of nitrogens with one attached hydrogen (secondary N) is 1. The van der Waals surface area contributed by atoms with Crippen LogP contribution in [0.25, 0.3) is 0 Å². The number of anilines is 1. The second-order valence-electron chi connectivity index (χ2n) is 6.03. The number of nitrogens with zero attached hydrogens (tertiary/aromatic N) is 2. The molecule has 2 aromatic rings. The van der Waals surface area contributed by atoms with E-state index in [1.54, 1.807) is 0 Å². The molecule has 25 heavy (non-hydrogen) atoms. The van der Waals surface area contributed by atoms with Crippen molar-refractivity contribution in [3.8, 4) is 5.88 Å². The molecule has 134 valence electrons. The minimum atomic E-state index is -0.554. The first-order valence-electron chi connectivity index (χ1n) is 8.09. The summed E-state index contributed by atoms with van der Waals surface area (Å²) in [5.74, 6) is -0.814. The summed E-state index contributed by atoms with van der Waals surface area (Å²) in [5, 5.41) is 6.21. The monoisotopic (exact) mass is 367 g/mol. The van der Waals surface area contributed by atoms with E-state index in [0.717, 1.165) is 6.54 Å². The molecule has 1 aromatic heterocycles. The molecular weight excluding hydrogens is 349 g/mol. The lowest BCUT2D eigenvalue weighted by Crippen LogP contribution is -2.39. The van der Waals surface area contributed by atoms with Crippen molar-refractivity contribution in [1.82, 2.24) is 10.1 Å². The van der Waals surface area contributed by atoms with Crippen molar-refractivity contribution < 1.29 is 18.4 Å². The van der Waals surface area contributed by atoms with Crippen LogP contribution < -0.4 is 10.1 Å². The average molecular weight is 368 g/mol. The van der Waals surface area contributed by atoms with Gasteiger partial charge in [0.05, 0.1) is 11.1 Å². The molecule has 0 saturated heterocycles. The lowest BCUT2D eigenvalue weighted by Gasteiger charge is -2.34. The van der Waals surface area contributed by atoms with Gasteiger partial charge in [0.15, 0.2) is 0 Å². The maximum absolute atomic E-state index is 13.1. The fourth-order valence-corrected chi connectivity index (χ4v) is 2.69. The summed E-state index contributed by atoms with van der Waals surface area (Å²) in [7, 11) is 2.07. The molecule has 1 aliphatic carbocycles. The third-order valence-electron chi connectivity index (χ3n) is 4.28. The third-order valence-corrected chi connectivity index (χ3v) is 4.57. The molecule has 0 aliphatic heterocycles. The number of hydrogen-bond acceptors (Lipinski definition) is 5. The molecule has 1 N–H and O–H groups in total. The lowest BCUT2D eigenvalue weighted by atomic mass is 9.92. The summed E-state index contributed by atoms with van der Waals surface area (Å²) in [6, 6.07) is 5.96. The van der Waals surface area contributed by atoms with Crippen LogP contribution in [0.15, 0.2) is 28.8 Å². The van der Waals surface area contributed by atoms with Crippen molar-refractivity contribution in [3.05, 3.63) is 40.9 Å². The second-order valence-corrected chi connectivity index (χ2v) is 6.43. The molecule has 1 aromatic carbocycles. The normalized spacial score (nSPS) is 14.4. The summed E-state index contributed by atoms with van der Waals surface area (Å²) in [6.45, 7) is 1.25. The number of carbonyl (C=O) groups excluding carboxylic acids is 1. The molecule has 1 heterocycles. The van der Waals surface area contributed by atoms with Crippen LogP contribution in [0, 0.1) is 5.82 Å². The van der Waals surface area contributed by atoms with Crippen LogP contribution in [0.3, 0.4) is 0 Å². The van der Waals surface area contributed by atoms with Gasteiger partial charge >= 0.3 is 0 Å². The van der Waals surface area contributed by atoms with E-state index in [4.69, 9.17) is 20.9 Å². The molecule has 1 saturated carbocycles. The Bertz CT molecular complexity index is 748. The van der Waals surface area contributed by atoms with E-state index in [1.807, 2.05) is 0 Å². The zero-order chi connectivity index (χ0) is 17.8. The standard InChI is InChI=1S/C17H19ClFN3O3/c1-22(12-3-2-4-12)7-8-24-16-10-15(25-21-16)17(23)20-11-5-6-14(19)13(18)9-11/h5-6,9-10,12H,2-4,7-8H2,1H3,(H,20,23). The highest BCUT2D eigenvalue weighted by Gasteiger charge is 2.21. The van der Waals surface area contributed by atoms with Crippen molar-refractivity contribution >= 4 is 23.2 Å². The van der Waals surface area contributed by atoms with Crippen LogP contribution in [0.1, 0.15) is 29.8 Å². The first kappa shape index (κ1) is 17.7. The Morgan fingerprint density at radius 1 is 1.48 bits per heavy atom. The molecule has 1 fully saturated rings. The van der Waals surface area contributed by atoms with Crippen molar-refractivity contribution in [3.63, 3.8) is 0 Å². The predicted molar refractivity (Wildman–Crippen MR) is 91.6 cm³/mol. The number of benzene rings is 1. The fraction of sp³-hybridized carbons (Fsp3) is 0.412. The van der Waals surface area contributed by atoms with Crippen LogP contribution >= 0.6 is 11.6 Å². The van der Waals surface area contributed by atoms with Crippen molar-refractivity contribution in [2.45, 2.75) is 25.3 Å². The number of likely N-dealkylation sites (N-methyl/N-ethyl adjacent to an activating group) is 1. The quantitative estimate of drug-likeness (QED) is 0.810. The Balaban J connectivity index is 1.49. The van der Waals surface area contributed by atoms with Gasteiger partial charge in [0.25, 0.3) is 11.8 Å². The van der Waals surface area contributed by atoms with Crippen molar-refractivity contribution in [1.29, 1.82) is 0 Å². The minimum absolute atomic E-state index is 0.00259. The maximum Gasteiger partial charge on any atom is 0.294 e. The molecule has 6 nitrogen and oxygen atoms in total. The highest BCUT2D eigenvalue weighted by molar-refractivity contribution is 6.31. The van der Waals surface area contributed by atoms with Gasteiger partial charge in [-0.15, -0.1) is 0 Å².